The minimum Gasteiger partial charge on any atom is -0.392 e. The minimum absolute atomic E-state index is 0. The molecule has 0 aliphatic carbocycles. The van der Waals surface area contributed by atoms with Gasteiger partial charge in [0, 0.05) is 19.1 Å². The van der Waals surface area contributed by atoms with Gasteiger partial charge in [0.25, 0.3) is 0 Å². The molecule has 0 saturated carbocycles. The van der Waals surface area contributed by atoms with E-state index in [1.165, 1.54) is 12.1 Å². The van der Waals surface area contributed by atoms with Crippen molar-refractivity contribution in [1.82, 2.24) is 10.2 Å². The van der Waals surface area contributed by atoms with Crippen LogP contribution in [0.5, 0.6) is 0 Å². The number of rotatable bonds is 3. The summed E-state index contributed by atoms with van der Waals surface area (Å²) >= 11 is 0. The van der Waals surface area contributed by atoms with Crippen LogP contribution in [0, 0.1) is 5.92 Å². The fraction of sp³-hybridized carbons (Fsp3) is 0.647. The van der Waals surface area contributed by atoms with Crippen LogP contribution in [-0.2, 0) is 6.18 Å². The van der Waals surface area contributed by atoms with Gasteiger partial charge in [-0.3, -0.25) is 4.90 Å². The number of halogens is 4. The lowest BCUT2D eigenvalue weighted by Gasteiger charge is -2.31. The van der Waals surface area contributed by atoms with E-state index in [0.717, 1.165) is 38.5 Å². The van der Waals surface area contributed by atoms with E-state index in [-0.39, 0.29) is 18.4 Å². The molecule has 0 bridgehead atoms. The van der Waals surface area contributed by atoms with E-state index >= 15 is 0 Å². The molecule has 2 heterocycles. The van der Waals surface area contributed by atoms with E-state index in [9.17, 15) is 18.3 Å². The van der Waals surface area contributed by atoms with Crippen molar-refractivity contribution < 1.29 is 18.3 Å². The van der Waals surface area contributed by atoms with Crippen LogP contribution in [0.1, 0.15) is 36.4 Å². The Balaban J connectivity index is 0.00000208. The van der Waals surface area contributed by atoms with E-state index in [0.29, 0.717) is 24.4 Å². The number of benzene rings is 1. The molecule has 2 fully saturated rings. The highest BCUT2D eigenvalue weighted by molar-refractivity contribution is 5.85. The lowest BCUT2D eigenvalue weighted by Crippen LogP contribution is -2.38. The van der Waals surface area contributed by atoms with Crippen LogP contribution >= 0.6 is 12.4 Å². The van der Waals surface area contributed by atoms with Crippen molar-refractivity contribution in [1.29, 1.82) is 0 Å². The molecule has 3 atom stereocenters. The molecule has 3 nitrogen and oxygen atoms in total. The fourth-order valence-electron chi connectivity index (χ4n) is 3.76. The topological polar surface area (TPSA) is 35.5 Å². The maximum Gasteiger partial charge on any atom is 0.416 e. The normalized spacial score (nSPS) is 28.6. The van der Waals surface area contributed by atoms with Gasteiger partial charge >= 0.3 is 6.18 Å². The molecular formula is C17H24ClF3N2O. The van der Waals surface area contributed by atoms with Gasteiger partial charge in [-0.25, -0.2) is 0 Å². The predicted octanol–water partition coefficient (Wildman–Crippen LogP) is 3.23. The Morgan fingerprint density at radius 3 is 2.75 bits per heavy atom. The summed E-state index contributed by atoms with van der Waals surface area (Å²) in [5.74, 6) is 0.502. The molecule has 2 saturated heterocycles. The first-order valence-electron chi connectivity index (χ1n) is 8.23. The molecule has 0 aromatic heterocycles. The van der Waals surface area contributed by atoms with Crippen molar-refractivity contribution in [2.45, 2.75) is 37.6 Å². The van der Waals surface area contributed by atoms with E-state index in [1.54, 1.807) is 6.07 Å². The lowest BCUT2D eigenvalue weighted by atomic mass is 9.97. The van der Waals surface area contributed by atoms with Crippen molar-refractivity contribution in [2.24, 2.45) is 5.92 Å². The van der Waals surface area contributed by atoms with Crippen molar-refractivity contribution in [3.63, 3.8) is 0 Å². The Bertz CT molecular complexity index is 535. The van der Waals surface area contributed by atoms with Crippen LogP contribution in [-0.4, -0.2) is 42.3 Å². The van der Waals surface area contributed by atoms with Crippen LogP contribution in [0.15, 0.2) is 24.3 Å². The number of piperidine rings is 1. The number of aliphatic hydroxyl groups excluding tert-OH is 1. The SMILES string of the molecule is Cl.OC1CC(c2cccc(C(F)(F)F)c2)N(CC2CCCNC2)C1. The molecule has 136 valence electrons. The van der Waals surface area contributed by atoms with Gasteiger partial charge in [-0.1, -0.05) is 12.1 Å². The summed E-state index contributed by atoms with van der Waals surface area (Å²) in [6.07, 6.45) is -2.03. The standard InChI is InChI=1S/C17H23F3N2O.ClH/c18-17(19,20)14-5-1-4-13(7-14)16-8-15(23)11-22(16)10-12-3-2-6-21-9-12;/h1,4-5,7,12,15-16,21,23H,2-3,6,8-11H2;1H. The number of nitrogens with one attached hydrogen (secondary N) is 1. The third-order valence-electron chi connectivity index (χ3n) is 4.87. The highest BCUT2D eigenvalue weighted by Gasteiger charge is 2.36. The maximum atomic E-state index is 12.9. The minimum atomic E-state index is -4.33. The van der Waals surface area contributed by atoms with Crippen LogP contribution in [0.4, 0.5) is 13.2 Å². The molecule has 2 aliphatic rings. The number of β-amino-alcohol motifs (C(OH)–C–C–N with tert-alkyl or cyclic N) is 1. The van der Waals surface area contributed by atoms with E-state index < -0.39 is 17.8 Å². The Morgan fingerprint density at radius 1 is 1.29 bits per heavy atom. The molecule has 0 amide bonds. The van der Waals surface area contributed by atoms with Crippen LogP contribution in [0.25, 0.3) is 0 Å². The van der Waals surface area contributed by atoms with Crippen molar-refractivity contribution >= 4 is 12.4 Å². The largest absolute Gasteiger partial charge is 0.416 e. The molecule has 3 rings (SSSR count). The Morgan fingerprint density at radius 2 is 2.08 bits per heavy atom. The molecule has 1 aromatic rings. The quantitative estimate of drug-likeness (QED) is 0.864. The zero-order valence-electron chi connectivity index (χ0n) is 13.4. The summed E-state index contributed by atoms with van der Waals surface area (Å²) in [6.45, 7) is 3.35. The zero-order valence-corrected chi connectivity index (χ0v) is 14.2. The molecule has 1 aromatic carbocycles. The maximum absolute atomic E-state index is 12.9. The number of alkyl halides is 3. The van der Waals surface area contributed by atoms with Gasteiger partial charge in [0.15, 0.2) is 0 Å². The fourth-order valence-corrected chi connectivity index (χ4v) is 3.76. The Hall–Kier alpha value is -0.820. The second kappa shape index (κ2) is 8.04. The van der Waals surface area contributed by atoms with Gasteiger partial charge in [0.05, 0.1) is 11.7 Å². The average molecular weight is 365 g/mol. The van der Waals surface area contributed by atoms with Gasteiger partial charge in [0.2, 0.25) is 0 Å². The number of hydrogen-bond donors (Lipinski definition) is 2. The number of aliphatic hydroxyl groups is 1. The first kappa shape index (κ1) is 19.5. The zero-order chi connectivity index (χ0) is 16.4. The third-order valence-corrected chi connectivity index (χ3v) is 4.87. The smallest absolute Gasteiger partial charge is 0.392 e. The first-order chi connectivity index (χ1) is 10.9. The summed E-state index contributed by atoms with van der Waals surface area (Å²) in [4.78, 5) is 2.15. The van der Waals surface area contributed by atoms with Gasteiger partial charge in [0.1, 0.15) is 0 Å². The van der Waals surface area contributed by atoms with Crippen LogP contribution < -0.4 is 5.32 Å². The van der Waals surface area contributed by atoms with Crippen molar-refractivity contribution in [2.75, 3.05) is 26.2 Å². The Kier molecular flexibility index (Phi) is 6.53. The third kappa shape index (κ3) is 4.63. The second-order valence-electron chi connectivity index (χ2n) is 6.69. The van der Waals surface area contributed by atoms with Crippen molar-refractivity contribution in [3.8, 4) is 0 Å². The molecule has 24 heavy (non-hydrogen) atoms. The summed E-state index contributed by atoms with van der Waals surface area (Å²) in [5, 5.41) is 13.4. The monoisotopic (exact) mass is 364 g/mol. The van der Waals surface area contributed by atoms with Gasteiger partial charge in [-0.15, -0.1) is 12.4 Å². The van der Waals surface area contributed by atoms with E-state index in [4.69, 9.17) is 0 Å². The van der Waals surface area contributed by atoms with E-state index in [2.05, 4.69) is 10.2 Å². The van der Waals surface area contributed by atoms with Gasteiger partial charge in [-0.05, 0) is 56.0 Å². The second-order valence-corrected chi connectivity index (χ2v) is 6.69. The highest BCUT2D eigenvalue weighted by atomic mass is 35.5. The van der Waals surface area contributed by atoms with Crippen LogP contribution in [0.3, 0.4) is 0 Å². The number of likely N-dealkylation sites (tertiary alicyclic amines) is 1. The van der Waals surface area contributed by atoms with E-state index in [1.807, 2.05) is 0 Å². The Labute approximate surface area is 146 Å². The summed E-state index contributed by atoms with van der Waals surface area (Å²) < 4.78 is 38.8. The van der Waals surface area contributed by atoms with Crippen molar-refractivity contribution in [3.05, 3.63) is 35.4 Å². The predicted molar refractivity (Wildman–Crippen MR) is 89.2 cm³/mol. The van der Waals surface area contributed by atoms with Crippen LogP contribution in [0.2, 0.25) is 0 Å². The highest BCUT2D eigenvalue weighted by Crippen LogP contribution is 2.36. The molecule has 2 N–H and O–H groups in total. The first-order valence-corrected chi connectivity index (χ1v) is 8.23. The molecule has 3 unspecified atom stereocenters. The number of hydrogen-bond acceptors (Lipinski definition) is 3. The lowest BCUT2D eigenvalue weighted by molar-refractivity contribution is -0.137. The average Bonchev–Trinajstić information content (AvgIpc) is 2.88. The van der Waals surface area contributed by atoms with Gasteiger partial charge in [-0.2, -0.15) is 13.2 Å². The summed E-state index contributed by atoms with van der Waals surface area (Å²) in [7, 11) is 0. The summed E-state index contributed by atoms with van der Waals surface area (Å²) in [5.41, 5.74) is 0.0378. The van der Waals surface area contributed by atoms with Gasteiger partial charge < -0.3 is 10.4 Å². The molecule has 2 aliphatic heterocycles. The molecule has 0 radical (unpaired) electrons. The molecule has 0 spiro atoms. The molecular weight excluding hydrogens is 341 g/mol. The molecule has 7 heteroatoms. The number of nitrogens with zero attached hydrogens (tertiary/aromatic N) is 1. The summed E-state index contributed by atoms with van der Waals surface area (Å²) in [6, 6.07) is 5.40.